The summed E-state index contributed by atoms with van der Waals surface area (Å²) in [5.41, 5.74) is 1.64. The van der Waals surface area contributed by atoms with Crippen LogP contribution in [0.25, 0.3) is 11.4 Å². The molecule has 5 rings (SSSR count). The van der Waals surface area contributed by atoms with E-state index >= 15 is 0 Å². The molecule has 0 unspecified atom stereocenters. The Labute approximate surface area is 179 Å². The summed E-state index contributed by atoms with van der Waals surface area (Å²) in [5.74, 6) is -1.26. The average Bonchev–Trinajstić information content (AvgIpc) is 3.20. The monoisotopic (exact) mass is 422 g/mol. The summed E-state index contributed by atoms with van der Waals surface area (Å²) in [7, 11) is 0. The maximum absolute atomic E-state index is 14.4. The van der Waals surface area contributed by atoms with E-state index in [9.17, 15) is 13.6 Å². The fourth-order valence-electron chi connectivity index (χ4n) is 5.05. The molecule has 160 valence electrons. The summed E-state index contributed by atoms with van der Waals surface area (Å²) >= 11 is 0. The fourth-order valence-corrected chi connectivity index (χ4v) is 5.05. The molecule has 4 nitrogen and oxygen atoms in total. The molecule has 1 saturated carbocycles. The number of imidazole rings is 1. The van der Waals surface area contributed by atoms with Gasteiger partial charge in [0.25, 0.3) is 0 Å². The third kappa shape index (κ3) is 3.87. The zero-order valence-electron chi connectivity index (χ0n) is 17.1. The number of hydrogen-bond donors (Lipinski definition) is 1. The highest BCUT2D eigenvalue weighted by Gasteiger charge is 2.42. The smallest absolute Gasteiger partial charge is 0.316 e. The van der Waals surface area contributed by atoms with Gasteiger partial charge in [-0.3, -0.25) is 4.79 Å². The largest absolute Gasteiger partial charge is 0.405 e. The summed E-state index contributed by atoms with van der Waals surface area (Å²) in [6.07, 6.45) is 6.64. The SMILES string of the molecule is O=C1Oc2nc(-c3cc(F)ccc3F)[nH]c2[C@H](c2ccccc2)[C@@H]1CC1CCCCC1. The van der Waals surface area contributed by atoms with Crippen LogP contribution < -0.4 is 4.74 Å². The molecule has 0 radical (unpaired) electrons. The van der Waals surface area contributed by atoms with E-state index in [4.69, 9.17) is 4.74 Å². The van der Waals surface area contributed by atoms with Crippen LogP contribution in [0.4, 0.5) is 8.78 Å². The second kappa shape index (κ2) is 8.25. The number of benzene rings is 2. The van der Waals surface area contributed by atoms with Crippen LogP contribution in [0.15, 0.2) is 48.5 Å². The number of fused-ring (bicyclic) bond motifs is 1. The van der Waals surface area contributed by atoms with E-state index in [1.807, 2.05) is 30.3 Å². The highest BCUT2D eigenvalue weighted by Crippen LogP contribution is 2.45. The summed E-state index contributed by atoms with van der Waals surface area (Å²) in [4.78, 5) is 20.6. The molecule has 2 aromatic carbocycles. The molecule has 1 N–H and O–H groups in total. The number of halogens is 2. The van der Waals surface area contributed by atoms with Crippen molar-refractivity contribution in [1.82, 2.24) is 9.97 Å². The van der Waals surface area contributed by atoms with Gasteiger partial charge in [0.1, 0.15) is 17.5 Å². The van der Waals surface area contributed by atoms with Gasteiger partial charge in [0.05, 0.1) is 17.2 Å². The van der Waals surface area contributed by atoms with Crippen LogP contribution in [-0.4, -0.2) is 15.9 Å². The quantitative estimate of drug-likeness (QED) is 0.525. The molecule has 1 aliphatic heterocycles. The number of esters is 1. The Morgan fingerprint density at radius 1 is 1.03 bits per heavy atom. The Hall–Kier alpha value is -3.02. The van der Waals surface area contributed by atoms with E-state index in [0.717, 1.165) is 43.0 Å². The molecule has 1 fully saturated rings. The lowest BCUT2D eigenvalue weighted by Crippen LogP contribution is -2.34. The second-order valence-corrected chi connectivity index (χ2v) is 8.58. The van der Waals surface area contributed by atoms with Crippen LogP contribution in [-0.2, 0) is 4.79 Å². The minimum atomic E-state index is -0.589. The van der Waals surface area contributed by atoms with Crippen LogP contribution in [0.3, 0.4) is 0 Å². The normalized spacial score (nSPS) is 21.5. The number of carbonyl (C=O) groups excluding carboxylic acids is 1. The molecule has 31 heavy (non-hydrogen) atoms. The molecule has 2 atom stereocenters. The Morgan fingerprint density at radius 2 is 1.81 bits per heavy atom. The van der Waals surface area contributed by atoms with Gasteiger partial charge in [-0.2, -0.15) is 4.98 Å². The number of nitrogens with zero attached hydrogens (tertiary/aromatic N) is 1. The van der Waals surface area contributed by atoms with E-state index < -0.39 is 11.6 Å². The lowest BCUT2D eigenvalue weighted by atomic mass is 9.74. The van der Waals surface area contributed by atoms with Crippen LogP contribution in [0.2, 0.25) is 0 Å². The number of H-pyrrole nitrogens is 1. The van der Waals surface area contributed by atoms with Gasteiger partial charge in [-0.15, -0.1) is 0 Å². The number of aromatic amines is 1. The standard InChI is InChI=1S/C25H24F2N2O2/c26-17-11-12-20(27)18(14-17)23-28-22-21(16-9-5-2-6-10-16)19(25(30)31-24(22)29-23)13-15-7-3-1-4-8-15/h2,5-6,9-12,14-15,19,21H,1,3-4,7-8,13H2,(H,28,29)/t19-,21+/m0/s1. The molecule has 2 aliphatic rings. The summed E-state index contributed by atoms with van der Waals surface area (Å²) < 4.78 is 33.7. The van der Waals surface area contributed by atoms with Crippen molar-refractivity contribution in [3.8, 4) is 17.3 Å². The number of nitrogens with one attached hydrogen (secondary N) is 1. The van der Waals surface area contributed by atoms with Crippen molar-refractivity contribution >= 4 is 5.97 Å². The Balaban J connectivity index is 1.57. The third-order valence-corrected chi connectivity index (χ3v) is 6.56. The van der Waals surface area contributed by atoms with Crippen LogP contribution in [0, 0.1) is 23.5 Å². The highest BCUT2D eigenvalue weighted by molar-refractivity contribution is 5.80. The van der Waals surface area contributed by atoms with Gasteiger partial charge in [0.15, 0.2) is 0 Å². The van der Waals surface area contributed by atoms with Gasteiger partial charge in [-0.25, -0.2) is 8.78 Å². The van der Waals surface area contributed by atoms with Crippen molar-refractivity contribution in [2.75, 3.05) is 0 Å². The van der Waals surface area contributed by atoms with Gasteiger partial charge in [-0.05, 0) is 36.1 Å². The van der Waals surface area contributed by atoms with Crippen LogP contribution in [0.1, 0.15) is 55.7 Å². The molecule has 1 aromatic heterocycles. The first-order valence-electron chi connectivity index (χ1n) is 10.9. The molecule has 0 spiro atoms. The van der Waals surface area contributed by atoms with Crippen molar-refractivity contribution in [2.45, 2.75) is 44.4 Å². The Morgan fingerprint density at radius 3 is 2.58 bits per heavy atom. The Kier molecular flexibility index (Phi) is 5.30. The zero-order chi connectivity index (χ0) is 21.4. The van der Waals surface area contributed by atoms with Crippen molar-refractivity contribution in [3.05, 3.63) is 71.4 Å². The first-order chi connectivity index (χ1) is 15.1. The summed E-state index contributed by atoms with van der Waals surface area (Å²) in [6.45, 7) is 0. The second-order valence-electron chi connectivity index (χ2n) is 8.58. The molecule has 6 heteroatoms. The van der Waals surface area contributed by atoms with E-state index in [0.29, 0.717) is 11.6 Å². The molecule has 0 saturated heterocycles. The van der Waals surface area contributed by atoms with Gasteiger partial charge < -0.3 is 9.72 Å². The number of hydrogen-bond acceptors (Lipinski definition) is 3. The van der Waals surface area contributed by atoms with E-state index in [2.05, 4.69) is 9.97 Å². The summed E-state index contributed by atoms with van der Waals surface area (Å²) in [6, 6.07) is 13.0. The van der Waals surface area contributed by atoms with Gasteiger partial charge >= 0.3 is 5.97 Å². The molecule has 0 bridgehead atoms. The third-order valence-electron chi connectivity index (χ3n) is 6.56. The Bertz CT molecular complexity index is 1090. The molecule has 2 heterocycles. The lowest BCUT2D eigenvalue weighted by Gasteiger charge is -2.33. The lowest BCUT2D eigenvalue weighted by molar-refractivity contribution is -0.142. The van der Waals surface area contributed by atoms with E-state index in [1.165, 1.54) is 19.3 Å². The molecule has 3 aromatic rings. The fraction of sp³-hybridized carbons (Fsp3) is 0.360. The number of ether oxygens (including phenoxy) is 1. The first kappa shape index (κ1) is 19.9. The number of aromatic nitrogens is 2. The van der Waals surface area contributed by atoms with Crippen molar-refractivity contribution < 1.29 is 18.3 Å². The molecular weight excluding hydrogens is 398 g/mol. The van der Waals surface area contributed by atoms with E-state index in [-0.39, 0.29) is 35.1 Å². The number of carbonyl (C=O) groups is 1. The molecule has 0 amide bonds. The predicted octanol–water partition coefficient (Wildman–Crippen LogP) is 5.99. The minimum absolute atomic E-state index is 0.0149. The molecule has 1 aliphatic carbocycles. The average molecular weight is 422 g/mol. The van der Waals surface area contributed by atoms with Crippen LogP contribution in [0.5, 0.6) is 5.88 Å². The van der Waals surface area contributed by atoms with Crippen molar-refractivity contribution in [3.63, 3.8) is 0 Å². The topological polar surface area (TPSA) is 55.0 Å². The van der Waals surface area contributed by atoms with Crippen molar-refractivity contribution in [2.24, 2.45) is 11.8 Å². The predicted molar refractivity (Wildman–Crippen MR) is 113 cm³/mol. The zero-order valence-corrected chi connectivity index (χ0v) is 17.1. The van der Waals surface area contributed by atoms with Crippen molar-refractivity contribution in [1.29, 1.82) is 0 Å². The van der Waals surface area contributed by atoms with Gasteiger partial charge in [0.2, 0.25) is 5.88 Å². The van der Waals surface area contributed by atoms with Crippen LogP contribution >= 0.6 is 0 Å². The summed E-state index contributed by atoms with van der Waals surface area (Å²) in [5, 5.41) is 0. The van der Waals surface area contributed by atoms with Gasteiger partial charge in [-0.1, -0.05) is 62.4 Å². The number of rotatable bonds is 4. The highest BCUT2D eigenvalue weighted by atomic mass is 19.1. The molecular formula is C25H24F2N2O2. The maximum atomic E-state index is 14.4. The maximum Gasteiger partial charge on any atom is 0.316 e. The first-order valence-corrected chi connectivity index (χ1v) is 10.9. The minimum Gasteiger partial charge on any atom is -0.405 e. The van der Waals surface area contributed by atoms with Gasteiger partial charge in [0, 0.05) is 5.92 Å². The van der Waals surface area contributed by atoms with E-state index in [1.54, 1.807) is 0 Å².